The molecule has 3 aromatic rings. The van der Waals surface area contributed by atoms with Crippen molar-refractivity contribution < 1.29 is 24.1 Å². The highest BCUT2D eigenvalue weighted by Crippen LogP contribution is 2.50. The first kappa shape index (κ1) is 25.1. The van der Waals surface area contributed by atoms with Crippen molar-refractivity contribution in [2.45, 2.75) is 50.2 Å². The lowest BCUT2D eigenvalue weighted by Crippen LogP contribution is -2.48. The molecule has 1 amide bonds. The van der Waals surface area contributed by atoms with Crippen LogP contribution in [0.3, 0.4) is 0 Å². The van der Waals surface area contributed by atoms with Gasteiger partial charge in [0.25, 0.3) is 5.91 Å². The molecule has 0 unspecified atom stereocenters. The maximum Gasteiger partial charge on any atom is 0.257 e. The van der Waals surface area contributed by atoms with Crippen LogP contribution in [0, 0.1) is 5.82 Å². The molecule has 2 aromatic carbocycles. The quantitative estimate of drug-likeness (QED) is 0.441. The van der Waals surface area contributed by atoms with Crippen molar-refractivity contribution in [3.63, 3.8) is 0 Å². The number of pyridine rings is 1. The lowest BCUT2D eigenvalue weighted by atomic mass is 9.88. The van der Waals surface area contributed by atoms with Crippen molar-refractivity contribution >= 4 is 29.1 Å². The van der Waals surface area contributed by atoms with Crippen LogP contribution in [0.5, 0.6) is 0 Å². The van der Waals surface area contributed by atoms with Crippen LogP contribution in [0.4, 0.5) is 4.39 Å². The molecule has 1 atom stereocenters. The Hall–Kier alpha value is -2.55. The van der Waals surface area contributed by atoms with E-state index in [9.17, 15) is 15.0 Å². The van der Waals surface area contributed by atoms with Crippen molar-refractivity contribution in [3.05, 3.63) is 98.5 Å². The highest BCUT2D eigenvalue weighted by atomic mass is 35.5. The third-order valence-corrected chi connectivity index (χ3v) is 7.19. The molecule has 5 rings (SSSR count). The van der Waals surface area contributed by atoms with Gasteiger partial charge in [0.2, 0.25) is 0 Å². The summed E-state index contributed by atoms with van der Waals surface area (Å²) >= 11 is 12.2. The van der Waals surface area contributed by atoms with Crippen LogP contribution in [0.15, 0.2) is 54.7 Å². The van der Waals surface area contributed by atoms with Gasteiger partial charge in [-0.2, -0.15) is 0 Å². The summed E-state index contributed by atoms with van der Waals surface area (Å²) in [5, 5.41) is 22.1. The minimum atomic E-state index is -1.71. The van der Waals surface area contributed by atoms with Crippen LogP contribution in [0.2, 0.25) is 10.0 Å². The van der Waals surface area contributed by atoms with Gasteiger partial charge in [-0.15, -0.1) is 0 Å². The van der Waals surface area contributed by atoms with Crippen LogP contribution >= 0.6 is 23.2 Å². The maximum absolute atomic E-state index is 16.0. The SMILES string of the molecule is CC(C)(O)c1cc(F)c2c(c1)C(=O)N(Cc1ccc(Cl)cn1)[C@@]2(OCC1(O)CC1)c1ccc(Cl)cc1. The van der Waals surface area contributed by atoms with Gasteiger partial charge in [0.05, 0.1) is 46.2 Å². The molecule has 1 aliphatic heterocycles. The number of hydrogen-bond donors (Lipinski definition) is 2. The Balaban J connectivity index is 1.74. The molecule has 1 fully saturated rings. The number of hydrogen-bond acceptors (Lipinski definition) is 5. The fraction of sp³-hybridized carbons (Fsp3) is 0.333. The molecular weight excluding hydrogens is 506 g/mol. The first-order valence-corrected chi connectivity index (χ1v) is 12.3. The molecule has 0 saturated heterocycles. The Morgan fingerprint density at radius 1 is 1.11 bits per heavy atom. The van der Waals surface area contributed by atoms with Gasteiger partial charge in [0.15, 0.2) is 5.72 Å². The number of benzene rings is 2. The zero-order chi connectivity index (χ0) is 25.9. The highest BCUT2D eigenvalue weighted by molar-refractivity contribution is 6.30. The van der Waals surface area contributed by atoms with E-state index in [0.717, 1.165) is 0 Å². The standard InChI is InChI=1S/C27H25Cl2FN2O4/c1-25(2,34)17-11-21-23(22(30)12-17)27(36-15-26(35)9-10-26,16-3-5-18(28)6-4-16)32(24(21)33)14-20-8-7-19(29)13-31-20/h3-8,11-13,34-35H,9-10,14-15H2,1-2H3/t27-/m1/s1. The molecule has 0 radical (unpaired) electrons. The summed E-state index contributed by atoms with van der Waals surface area (Å²) in [6, 6.07) is 12.7. The topological polar surface area (TPSA) is 82.9 Å². The van der Waals surface area contributed by atoms with Crippen molar-refractivity contribution in [3.8, 4) is 0 Å². The van der Waals surface area contributed by atoms with Crippen LogP contribution in [-0.2, 0) is 22.6 Å². The zero-order valence-electron chi connectivity index (χ0n) is 19.8. The molecule has 6 nitrogen and oxygen atoms in total. The van der Waals surface area contributed by atoms with Crippen molar-refractivity contribution in [2.24, 2.45) is 0 Å². The van der Waals surface area contributed by atoms with E-state index in [1.54, 1.807) is 36.4 Å². The molecule has 2 heterocycles. The number of aromatic nitrogens is 1. The average Bonchev–Trinajstić information content (AvgIpc) is 3.51. The largest absolute Gasteiger partial charge is 0.387 e. The number of nitrogens with zero attached hydrogens (tertiary/aromatic N) is 2. The van der Waals surface area contributed by atoms with Gasteiger partial charge in [-0.25, -0.2) is 4.39 Å². The molecule has 36 heavy (non-hydrogen) atoms. The van der Waals surface area contributed by atoms with Crippen LogP contribution in [0.1, 0.15) is 59.4 Å². The summed E-state index contributed by atoms with van der Waals surface area (Å²) in [5.74, 6) is -1.20. The molecule has 9 heteroatoms. The van der Waals surface area contributed by atoms with Crippen molar-refractivity contribution in [1.82, 2.24) is 9.88 Å². The molecule has 0 bridgehead atoms. The fourth-order valence-electron chi connectivity index (χ4n) is 4.48. The Bertz CT molecular complexity index is 1320. The van der Waals surface area contributed by atoms with E-state index < -0.39 is 28.7 Å². The molecule has 1 saturated carbocycles. The van der Waals surface area contributed by atoms with Gasteiger partial charge >= 0.3 is 0 Å². The highest BCUT2D eigenvalue weighted by Gasteiger charge is 2.56. The van der Waals surface area contributed by atoms with Crippen LogP contribution in [0.25, 0.3) is 0 Å². The normalized spacial score (nSPS) is 20.5. The van der Waals surface area contributed by atoms with Crippen LogP contribution in [-0.4, -0.2) is 38.2 Å². The maximum atomic E-state index is 16.0. The molecule has 2 aliphatic rings. The second-order valence-electron chi connectivity index (χ2n) is 9.96. The molecule has 1 aromatic heterocycles. The number of ether oxygens (including phenoxy) is 1. The Kier molecular flexibility index (Phi) is 6.13. The Morgan fingerprint density at radius 3 is 2.36 bits per heavy atom. The average molecular weight is 531 g/mol. The Morgan fingerprint density at radius 2 is 1.78 bits per heavy atom. The molecule has 0 spiro atoms. The summed E-state index contributed by atoms with van der Waals surface area (Å²) in [4.78, 5) is 19.7. The van der Waals surface area contributed by atoms with E-state index in [4.69, 9.17) is 27.9 Å². The first-order chi connectivity index (χ1) is 16.9. The van der Waals surface area contributed by atoms with E-state index in [1.165, 1.54) is 37.1 Å². The lowest BCUT2D eigenvalue weighted by Gasteiger charge is -2.40. The fourth-order valence-corrected chi connectivity index (χ4v) is 4.72. The summed E-state index contributed by atoms with van der Waals surface area (Å²) in [5.41, 5.74) is -2.82. The molecular formula is C27H25Cl2FN2O4. The van der Waals surface area contributed by atoms with E-state index in [2.05, 4.69) is 4.98 Å². The zero-order valence-corrected chi connectivity index (χ0v) is 21.3. The van der Waals surface area contributed by atoms with Crippen molar-refractivity contribution in [1.29, 1.82) is 0 Å². The van der Waals surface area contributed by atoms with Gasteiger partial charge in [0, 0.05) is 16.8 Å². The van der Waals surface area contributed by atoms with Gasteiger partial charge in [-0.3, -0.25) is 14.7 Å². The van der Waals surface area contributed by atoms with E-state index >= 15 is 4.39 Å². The van der Waals surface area contributed by atoms with Crippen LogP contribution < -0.4 is 0 Å². The summed E-state index contributed by atoms with van der Waals surface area (Å²) in [6.07, 6.45) is 2.56. The van der Waals surface area contributed by atoms with Gasteiger partial charge in [-0.1, -0.05) is 35.3 Å². The van der Waals surface area contributed by atoms with E-state index in [1.807, 2.05) is 0 Å². The van der Waals surface area contributed by atoms with E-state index in [-0.39, 0.29) is 29.8 Å². The molecule has 1 aliphatic carbocycles. The number of halogens is 3. The Labute approximate surface area is 218 Å². The minimum absolute atomic E-state index is 0.0148. The number of rotatable bonds is 7. The third-order valence-electron chi connectivity index (χ3n) is 6.71. The van der Waals surface area contributed by atoms with Gasteiger partial charge in [-0.05, 0) is 68.7 Å². The number of amides is 1. The predicted octanol–water partition coefficient (Wildman–Crippen LogP) is 5.15. The van der Waals surface area contributed by atoms with Gasteiger partial charge < -0.3 is 14.9 Å². The second-order valence-corrected chi connectivity index (χ2v) is 10.8. The summed E-state index contributed by atoms with van der Waals surface area (Å²) < 4.78 is 22.4. The number of carbonyl (C=O) groups is 1. The van der Waals surface area contributed by atoms with Crippen molar-refractivity contribution in [2.75, 3.05) is 6.61 Å². The summed E-state index contributed by atoms with van der Waals surface area (Å²) in [7, 11) is 0. The number of carbonyl (C=O) groups excluding carboxylic acids is 1. The van der Waals surface area contributed by atoms with E-state index in [0.29, 0.717) is 34.1 Å². The number of fused-ring (bicyclic) bond motifs is 1. The second kappa shape index (κ2) is 8.78. The lowest BCUT2D eigenvalue weighted by molar-refractivity contribution is -0.139. The third kappa shape index (κ3) is 4.40. The predicted molar refractivity (Wildman–Crippen MR) is 133 cm³/mol. The molecule has 2 N–H and O–H groups in total. The smallest absolute Gasteiger partial charge is 0.257 e. The first-order valence-electron chi connectivity index (χ1n) is 11.5. The minimum Gasteiger partial charge on any atom is -0.387 e. The monoisotopic (exact) mass is 530 g/mol. The molecule has 188 valence electrons. The number of aliphatic hydroxyl groups is 2. The van der Waals surface area contributed by atoms with Gasteiger partial charge in [0.1, 0.15) is 5.82 Å². The summed E-state index contributed by atoms with van der Waals surface area (Å²) in [6.45, 7) is 2.91.